The van der Waals surface area contributed by atoms with Gasteiger partial charge in [0.1, 0.15) is 0 Å². The highest BCUT2D eigenvalue weighted by Gasteiger charge is 2.48. The number of hydrogen-bond acceptors (Lipinski definition) is 1. The molecule has 2 aromatic carbocycles. The van der Waals surface area contributed by atoms with Crippen molar-refractivity contribution in [2.75, 3.05) is 13.1 Å². The monoisotopic (exact) mass is 315 g/mol. The van der Waals surface area contributed by atoms with E-state index in [0.717, 1.165) is 11.8 Å². The van der Waals surface area contributed by atoms with Gasteiger partial charge in [0.15, 0.2) is 0 Å². The van der Waals surface area contributed by atoms with Crippen LogP contribution in [0.2, 0.25) is 0 Å². The van der Waals surface area contributed by atoms with Crippen LogP contribution in [0.4, 0.5) is 0 Å². The van der Waals surface area contributed by atoms with Crippen LogP contribution in [0, 0.1) is 11.8 Å². The van der Waals surface area contributed by atoms with Gasteiger partial charge in [-0.05, 0) is 41.4 Å². The van der Waals surface area contributed by atoms with Gasteiger partial charge in [-0.2, -0.15) is 0 Å². The fourth-order valence-electron chi connectivity index (χ4n) is 5.04. The smallest absolute Gasteiger partial charge is 0.0607 e. The Kier molecular flexibility index (Phi) is 3.56. The van der Waals surface area contributed by atoms with Crippen LogP contribution in [0.5, 0.6) is 0 Å². The number of likely N-dealkylation sites (tertiary alicyclic amines) is 1. The van der Waals surface area contributed by atoms with Crippen LogP contribution in [-0.2, 0) is 0 Å². The second kappa shape index (κ2) is 5.89. The van der Waals surface area contributed by atoms with Gasteiger partial charge in [0.2, 0.25) is 0 Å². The quantitative estimate of drug-likeness (QED) is 0.703. The molecule has 1 nitrogen and oxygen atoms in total. The molecule has 0 N–H and O–H groups in total. The van der Waals surface area contributed by atoms with E-state index in [4.69, 9.17) is 0 Å². The Morgan fingerprint density at radius 3 is 1.71 bits per heavy atom. The summed E-state index contributed by atoms with van der Waals surface area (Å²) in [6, 6.07) is 22.4. The Morgan fingerprint density at radius 1 is 0.708 bits per heavy atom. The van der Waals surface area contributed by atoms with Crippen LogP contribution in [0.3, 0.4) is 0 Å². The molecule has 0 aromatic heterocycles. The average molecular weight is 315 g/mol. The molecular weight excluding hydrogens is 290 g/mol. The second-order valence-electron chi connectivity index (χ2n) is 7.69. The fraction of sp³-hybridized carbons (Fsp3) is 0.391. The Hall–Kier alpha value is -1.86. The summed E-state index contributed by atoms with van der Waals surface area (Å²) in [5, 5.41) is 0. The van der Waals surface area contributed by atoms with Crippen LogP contribution in [-0.4, -0.2) is 18.0 Å². The summed E-state index contributed by atoms with van der Waals surface area (Å²) in [5.74, 6) is 1.95. The van der Waals surface area contributed by atoms with E-state index in [0.29, 0.717) is 6.04 Å². The molecule has 1 saturated heterocycles. The molecule has 0 bridgehead atoms. The molecule has 0 radical (unpaired) electrons. The molecule has 2 aromatic rings. The fourth-order valence-corrected chi connectivity index (χ4v) is 5.04. The third-order valence-electron chi connectivity index (χ3n) is 6.25. The first-order chi connectivity index (χ1) is 11.9. The number of allylic oxidation sites excluding steroid dienone is 1. The van der Waals surface area contributed by atoms with Crippen molar-refractivity contribution in [2.45, 2.75) is 31.7 Å². The van der Waals surface area contributed by atoms with Crippen molar-refractivity contribution < 1.29 is 0 Å². The van der Waals surface area contributed by atoms with Gasteiger partial charge in [0, 0.05) is 13.1 Å². The normalized spacial score (nSPS) is 26.2. The second-order valence-corrected chi connectivity index (χ2v) is 7.69. The summed E-state index contributed by atoms with van der Waals surface area (Å²) in [5.41, 5.74) is 6.47. The lowest BCUT2D eigenvalue weighted by atomic mass is 9.92. The van der Waals surface area contributed by atoms with Crippen LogP contribution < -0.4 is 0 Å². The zero-order valence-electron chi connectivity index (χ0n) is 14.2. The molecular formula is C23H25N. The Labute approximate surface area is 145 Å². The minimum Gasteiger partial charge on any atom is -0.284 e. The van der Waals surface area contributed by atoms with Gasteiger partial charge in [0.25, 0.3) is 0 Å². The van der Waals surface area contributed by atoms with E-state index < -0.39 is 0 Å². The molecule has 5 rings (SSSR count). The molecule has 2 unspecified atom stereocenters. The lowest BCUT2D eigenvalue weighted by Gasteiger charge is -2.41. The molecule has 1 heteroatoms. The Morgan fingerprint density at radius 2 is 1.21 bits per heavy atom. The first kappa shape index (κ1) is 14.5. The lowest BCUT2D eigenvalue weighted by molar-refractivity contribution is 0.200. The highest BCUT2D eigenvalue weighted by molar-refractivity contribution is 5.42. The van der Waals surface area contributed by atoms with Gasteiger partial charge < -0.3 is 0 Å². The third-order valence-corrected chi connectivity index (χ3v) is 6.25. The van der Waals surface area contributed by atoms with Gasteiger partial charge in [-0.15, -0.1) is 0 Å². The topological polar surface area (TPSA) is 3.24 Å². The summed E-state index contributed by atoms with van der Waals surface area (Å²) in [4.78, 5) is 2.65. The number of nitrogens with zero attached hydrogens (tertiary/aromatic N) is 1. The number of benzene rings is 2. The van der Waals surface area contributed by atoms with Crippen LogP contribution >= 0.6 is 0 Å². The molecule has 24 heavy (non-hydrogen) atoms. The van der Waals surface area contributed by atoms with Crippen LogP contribution in [0.15, 0.2) is 71.8 Å². The van der Waals surface area contributed by atoms with E-state index in [1.807, 2.05) is 5.57 Å². The summed E-state index contributed by atoms with van der Waals surface area (Å²) in [7, 11) is 0. The maximum Gasteiger partial charge on any atom is 0.0607 e. The number of fused-ring (bicyclic) bond motifs is 1. The number of rotatable bonds is 3. The molecule has 2 atom stereocenters. The van der Waals surface area contributed by atoms with Crippen molar-refractivity contribution in [2.24, 2.45) is 11.8 Å². The molecule has 0 amide bonds. The van der Waals surface area contributed by atoms with Gasteiger partial charge in [-0.1, -0.05) is 79.1 Å². The van der Waals surface area contributed by atoms with E-state index in [2.05, 4.69) is 65.6 Å². The van der Waals surface area contributed by atoms with E-state index in [-0.39, 0.29) is 0 Å². The van der Waals surface area contributed by atoms with Crippen molar-refractivity contribution in [1.29, 1.82) is 0 Å². The van der Waals surface area contributed by atoms with Crippen LogP contribution in [0.25, 0.3) is 0 Å². The van der Waals surface area contributed by atoms with Gasteiger partial charge in [-0.25, -0.2) is 0 Å². The van der Waals surface area contributed by atoms with Crippen molar-refractivity contribution >= 4 is 0 Å². The standard InChI is InChI=1S/C23H25N/c1-3-9-17(10-4-1)23(18-11-5-2-6-12-18)24-15-19(16-24)22-20-13-7-8-14-21(20)22/h1-6,9-12,20-21,23H,7-8,13-16H2. The molecule has 0 spiro atoms. The largest absolute Gasteiger partial charge is 0.284 e. The van der Waals surface area contributed by atoms with E-state index in [9.17, 15) is 0 Å². The minimum atomic E-state index is 0.400. The third kappa shape index (κ3) is 2.43. The van der Waals surface area contributed by atoms with Crippen molar-refractivity contribution in [3.8, 4) is 0 Å². The summed E-state index contributed by atoms with van der Waals surface area (Å²) < 4.78 is 0. The predicted octanol–water partition coefficient (Wildman–Crippen LogP) is 5.21. The van der Waals surface area contributed by atoms with Gasteiger partial charge in [-0.3, -0.25) is 4.90 Å². The SMILES string of the molecule is c1ccc(C(c2ccccc2)N2CC(=C3C4CCCCC34)C2)cc1. The molecule has 1 heterocycles. The van der Waals surface area contributed by atoms with E-state index >= 15 is 0 Å². The van der Waals surface area contributed by atoms with Gasteiger partial charge in [0.05, 0.1) is 6.04 Å². The van der Waals surface area contributed by atoms with E-state index in [1.165, 1.54) is 49.9 Å². The molecule has 3 aliphatic rings. The summed E-state index contributed by atoms with van der Waals surface area (Å²) in [6.45, 7) is 2.35. The highest BCUT2D eigenvalue weighted by Crippen LogP contribution is 2.57. The van der Waals surface area contributed by atoms with E-state index in [1.54, 1.807) is 5.57 Å². The van der Waals surface area contributed by atoms with Crippen molar-refractivity contribution in [1.82, 2.24) is 4.90 Å². The Bertz CT molecular complexity index is 685. The first-order valence-electron chi connectivity index (χ1n) is 9.47. The molecule has 2 aliphatic carbocycles. The first-order valence-corrected chi connectivity index (χ1v) is 9.47. The van der Waals surface area contributed by atoms with Crippen molar-refractivity contribution in [3.05, 3.63) is 82.9 Å². The molecule has 122 valence electrons. The number of hydrogen-bond donors (Lipinski definition) is 0. The zero-order valence-corrected chi connectivity index (χ0v) is 14.2. The predicted molar refractivity (Wildman–Crippen MR) is 98.8 cm³/mol. The van der Waals surface area contributed by atoms with Gasteiger partial charge >= 0.3 is 0 Å². The minimum absolute atomic E-state index is 0.400. The molecule has 3 fully saturated rings. The molecule has 1 aliphatic heterocycles. The Balaban J connectivity index is 1.40. The maximum absolute atomic E-state index is 2.65. The lowest BCUT2D eigenvalue weighted by Crippen LogP contribution is -2.43. The summed E-state index contributed by atoms with van der Waals surface area (Å²) >= 11 is 0. The average Bonchev–Trinajstić information content (AvgIpc) is 3.33. The summed E-state index contributed by atoms with van der Waals surface area (Å²) in [6.07, 6.45) is 5.84. The van der Waals surface area contributed by atoms with Crippen molar-refractivity contribution in [3.63, 3.8) is 0 Å². The maximum atomic E-state index is 2.65. The molecule has 2 saturated carbocycles. The van der Waals surface area contributed by atoms with Crippen LogP contribution in [0.1, 0.15) is 42.9 Å². The zero-order chi connectivity index (χ0) is 15.9. The highest BCUT2D eigenvalue weighted by atomic mass is 15.2.